The van der Waals surface area contributed by atoms with Gasteiger partial charge in [-0.3, -0.25) is 9.89 Å². The minimum Gasteiger partial charge on any atom is -0.395 e. The number of anilines is 1. The average Bonchev–Trinajstić information content (AvgIpc) is 2.65. The van der Waals surface area contributed by atoms with Gasteiger partial charge in [0.2, 0.25) is 0 Å². The van der Waals surface area contributed by atoms with E-state index < -0.39 is 18.5 Å². The van der Waals surface area contributed by atoms with Gasteiger partial charge in [-0.15, -0.1) is 0 Å². The fourth-order valence-corrected chi connectivity index (χ4v) is 1.55. The highest BCUT2D eigenvalue weighted by Crippen LogP contribution is 2.22. The molecular formula is C11H17F3N4O. The number of hydrogen-bond acceptors (Lipinski definition) is 3. The Morgan fingerprint density at radius 1 is 1.47 bits per heavy atom. The zero-order valence-corrected chi connectivity index (χ0v) is 10.8. The van der Waals surface area contributed by atoms with Crippen LogP contribution in [0, 0.1) is 0 Å². The number of alkyl halides is 3. The molecule has 0 saturated heterocycles. The minimum atomic E-state index is -4.21. The predicted octanol–water partition coefficient (Wildman–Crippen LogP) is 2.19. The second-order valence-corrected chi connectivity index (χ2v) is 4.53. The molecule has 0 saturated carbocycles. The van der Waals surface area contributed by atoms with E-state index in [1.54, 1.807) is 0 Å². The zero-order chi connectivity index (χ0) is 14.6. The quantitative estimate of drug-likeness (QED) is 0.722. The molecule has 0 unspecified atom stereocenters. The van der Waals surface area contributed by atoms with Crippen molar-refractivity contribution >= 4 is 11.6 Å². The standard InChI is InChI=1S/C11H17F3N4O/c1-6(2)8-7(15)9(18-17-8)10(19)16-5-3-4-11(12,13)14/h6H,3-5,15H2,1-2H3,(H,16,19)(H,17,18). The molecule has 0 aliphatic heterocycles. The summed E-state index contributed by atoms with van der Waals surface area (Å²) in [6.45, 7) is 3.70. The highest BCUT2D eigenvalue weighted by molar-refractivity contribution is 5.97. The van der Waals surface area contributed by atoms with Crippen LogP contribution in [-0.4, -0.2) is 28.8 Å². The van der Waals surface area contributed by atoms with Gasteiger partial charge in [0.15, 0.2) is 5.69 Å². The fourth-order valence-electron chi connectivity index (χ4n) is 1.55. The van der Waals surface area contributed by atoms with Crippen molar-refractivity contribution in [3.63, 3.8) is 0 Å². The van der Waals surface area contributed by atoms with Crippen molar-refractivity contribution in [2.75, 3.05) is 12.3 Å². The third kappa shape index (κ3) is 4.46. The van der Waals surface area contributed by atoms with E-state index >= 15 is 0 Å². The predicted molar refractivity (Wildman–Crippen MR) is 64.7 cm³/mol. The van der Waals surface area contributed by atoms with E-state index in [1.165, 1.54) is 0 Å². The monoisotopic (exact) mass is 278 g/mol. The number of rotatable bonds is 5. The summed E-state index contributed by atoms with van der Waals surface area (Å²) in [4.78, 5) is 11.7. The third-order valence-electron chi connectivity index (χ3n) is 2.55. The molecule has 0 fully saturated rings. The summed E-state index contributed by atoms with van der Waals surface area (Å²) in [6.07, 6.45) is -5.31. The lowest BCUT2D eigenvalue weighted by atomic mass is 10.1. The van der Waals surface area contributed by atoms with E-state index in [0.717, 1.165) is 0 Å². The Labute approximate surface area is 108 Å². The van der Waals surface area contributed by atoms with Crippen LogP contribution in [0.1, 0.15) is 48.8 Å². The van der Waals surface area contributed by atoms with Crippen molar-refractivity contribution in [2.45, 2.75) is 38.8 Å². The van der Waals surface area contributed by atoms with Crippen molar-refractivity contribution < 1.29 is 18.0 Å². The molecule has 1 heterocycles. The molecule has 19 heavy (non-hydrogen) atoms. The van der Waals surface area contributed by atoms with E-state index in [9.17, 15) is 18.0 Å². The van der Waals surface area contributed by atoms with Gasteiger partial charge in [0.25, 0.3) is 5.91 Å². The highest BCUT2D eigenvalue weighted by Gasteiger charge is 2.26. The normalized spacial score (nSPS) is 11.9. The van der Waals surface area contributed by atoms with Gasteiger partial charge >= 0.3 is 6.18 Å². The van der Waals surface area contributed by atoms with Gasteiger partial charge in [0.1, 0.15) is 0 Å². The van der Waals surface area contributed by atoms with E-state index in [4.69, 9.17) is 5.73 Å². The maximum Gasteiger partial charge on any atom is 0.389 e. The van der Waals surface area contributed by atoms with E-state index in [0.29, 0.717) is 5.69 Å². The molecule has 0 bridgehead atoms. The number of carbonyl (C=O) groups is 1. The van der Waals surface area contributed by atoms with Crippen molar-refractivity contribution in [3.05, 3.63) is 11.4 Å². The van der Waals surface area contributed by atoms with Crippen LogP contribution in [0.2, 0.25) is 0 Å². The number of carbonyl (C=O) groups excluding carboxylic acids is 1. The van der Waals surface area contributed by atoms with Crippen LogP contribution in [-0.2, 0) is 0 Å². The molecule has 0 aliphatic carbocycles. The lowest BCUT2D eigenvalue weighted by Gasteiger charge is -2.07. The summed E-state index contributed by atoms with van der Waals surface area (Å²) < 4.78 is 35.7. The first-order valence-electron chi connectivity index (χ1n) is 5.91. The maximum absolute atomic E-state index is 11.9. The summed E-state index contributed by atoms with van der Waals surface area (Å²) >= 11 is 0. The first-order valence-corrected chi connectivity index (χ1v) is 5.91. The van der Waals surface area contributed by atoms with Gasteiger partial charge in [-0.2, -0.15) is 18.3 Å². The summed E-state index contributed by atoms with van der Waals surface area (Å²) in [7, 11) is 0. The average molecular weight is 278 g/mol. The number of halogens is 3. The molecule has 0 radical (unpaired) electrons. The lowest BCUT2D eigenvalue weighted by molar-refractivity contribution is -0.135. The molecule has 1 aromatic rings. The highest BCUT2D eigenvalue weighted by atomic mass is 19.4. The Bertz CT molecular complexity index is 440. The van der Waals surface area contributed by atoms with Gasteiger partial charge in [0, 0.05) is 13.0 Å². The van der Waals surface area contributed by atoms with Gasteiger partial charge in [-0.05, 0) is 12.3 Å². The Morgan fingerprint density at radius 2 is 2.11 bits per heavy atom. The lowest BCUT2D eigenvalue weighted by Crippen LogP contribution is -2.26. The number of nitrogens with zero attached hydrogens (tertiary/aromatic N) is 1. The Hall–Kier alpha value is -1.73. The second kappa shape index (κ2) is 5.94. The number of nitrogen functional groups attached to an aromatic ring is 1. The second-order valence-electron chi connectivity index (χ2n) is 4.53. The topological polar surface area (TPSA) is 83.8 Å². The van der Waals surface area contributed by atoms with E-state index in [1.807, 2.05) is 13.8 Å². The van der Waals surface area contributed by atoms with Gasteiger partial charge in [-0.25, -0.2) is 0 Å². The molecule has 0 aromatic carbocycles. The number of aromatic amines is 1. The Balaban J connectivity index is 2.51. The van der Waals surface area contributed by atoms with Crippen molar-refractivity contribution in [3.8, 4) is 0 Å². The van der Waals surface area contributed by atoms with E-state index in [-0.39, 0.29) is 30.3 Å². The summed E-state index contributed by atoms with van der Waals surface area (Å²) in [5, 5.41) is 8.80. The largest absolute Gasteiger partial charge is 0.395 e. The third-order valence-corrected chi connectivity index (χ3v) is 2.55. The number of aromatic nitrogens is 2. The van der Waals surface area contributed by atoms with Crippen LogP contribution < -0.4 is 11.1 Å². The van der Waals surface area contributed by atoms with Gasteiger partial charge in [0.05, 0.1) is 11.4 Å². The minimum absolute atomic E-state index is 0.0238. The molecule has 1 aromatic heterocycles. The van der Waals surface area contributed by atoms with Crippen molar-refractivity contribution in [1.82, 2.24) is 15.5 Å². The summed E-state index contributed by atoms with van der Waals surface area (Å²) in [5.74, 6) is -0.484. The first kappa shape index (κ1) is 15.3. The van der Waals surface area contributed by atoms with Crippen LogP contribution >= 0.6 is 0 Å². The number of H-pyrrole nitrogens is 1. The fraction of sp³-hybridized carbons (Fsp3) is 0.636. The SMILES string of the molecule is CC(C)c1[nH]nc(C(=O)NCCCC(F)(F)F)c1N. The van der Waals surface area contributed by atoms with Gasteiger partial charge in [-0.1, -0.05) is 13.8 Å². The number of hydrogen-bond donors (Lipinski definition) is 3. The van der Waals surface area contributed by atoms with Crippen molar-refractivity contribution in [2.24, 2.45) is 0 Å². The van der Waals surface area contributed by atoms with Crippen LogP contribution in [0.4, 0.5) is 18.9 Å². The zero-order valence-electron chi connectivity index (χ0n) is 10.8. The maximum atomic E-state index is 11.9. The molecule has 5 nitrogen and oxygen atoms in total. The van der Waals surface area contributed by atoms with Crippen molar-refractivity contribution in [1.29, 1.82) is 0 Å². The number of nitrogens with two attached hydrogens (primary N) is 1. The molecule has 8 heteroatoms. The number of amides is 1. The smallest absolute Gasteiger partial charge is 0.389 e. The number of nitrogens with one attached hydrogen (secondary N) is 2. The molecule has 1 amide bonds. The van der Waals surface area contributed by atoms with Crippen LogP contribution in [0.3, 0.4) is 0 Å². The molecule has 0 aliphatic rings. The Kier molecular flexibility index (Phi) is 4.79. The van der Waals surface area contributed by atoms with E-state index in [2.05, 4.69) is 15.5 Å². The van der Waals surface area contributed by atoms with Crippen LogP contribution in [0.25, 0.3) is 0 Å². The molecule has 108 valence electrons. The van der Waals surface area contributed by atoms with Crippen LogP contribution in [0.5, 0.6) is 0 Å². The molecule has 0 atom stereocenters. The molecule has 1 rings (SSSR count). The molecule has 4 N–H and O–H groups in total. The first-order chi connectivity index (χ1) is 8.72. The van der Waals surface area contributed by atoms with Crippen LogP contribution in [0.15, 0.2) is 0 Å². The van der Waals surface area contributed by atoms with Gasteiger partial charge < -0.3 is 11.1 Å². The molecular weight excluding hydrogens is 261 g/mol. The summed E-state index contributed by atoms with van der Waals surface area (Å²) in [5.41, 5.74) is 6.65. The summed E-state index contributed by atoms with van der Waals surface area (Å²) in [6, 6.07) is 0. The molecule has 0 spiro atoms. The Morgan fingerprint density at radius 3 is 2.58 bits per heavy atom.